The summed E-state index contributed by atoms with van der Waals surface area (Å²) < 4.78 is 0. The van der Waals surface area contributed by atoms with Gasteiger partial charge in [-0.15, -0.1) is 11.3 Å². The quantitative estimate of drug-likeness (QED) is 0.780. The van der Waals surface area contributed by atoms with Crippen LogP contribution in [-0.4, -0.2) is 4.98 Å². The lowest BCUT2D eigenvalue weighted by atomic mass is 9.68. The highest BCUT2D eigenvalue weighted by molar-refractivity contribution is 7.12. The normalized spacial score (nSPS) is 23.2. The van der Waals surface area contributed by atoms with Gasteiger partial charge in [0.2, 0.25) is 0 Å². The molecule has 0 unspecified atom stereocenters. The molecule has 3 heteroatoms. The Labute approximate surface area is 100 Å². The van der Waals surface area contributed by atoms with Crippen LogP contribution in [-0.2, 0) is 5.41 Å². The van der Waals surface area contributed by atoms with E-state index >= 15 is 0 Å². The van der Waals surface area contributed by atoms with Crippen LogP contribution in [0.2, 0.25) is 0 Å². The molecule has 0 spiro atoms. The largest absolute Gasteiger partial charge is 0.246 e. The smallest absolute Gasteiger partial charge is 0.0962 e. The molecule has 1 aromatic heterocycles. The van der Waals surface area contributed by atoms with Crippen molar-refractivity contribution in [2.24, 2.45) is 0 Å². The lowest BCUT2D eigenvalue weighted by molar-refractivity contribution is 0.328. The Bertz CT molecular complexity index is 447. The van der Waals surface area contributed by atoms with Gasteiger partial charge >= 0.3 is 0 Å². The van der Waals surface area contributed by atoms with Gasteiger partial charge in [-0.2, -0.15) is 5.26 Å². The second-order valence-electron chi connectivity index (χ2n) is 5.14. The standard InChI is InChI=1S/C13H16N2S/c1-9-11(13(8-14)6-3-7-13)16-12(15-9)10-4-2-5-10/h10H,2-7H2,1H3. The van der Waals surface area contributed by atoms with Crippen LogP contribution in [0.5, 0.6) is 0 Å². The van der Waals surface area contributed by atoms with Crippen molar-refractivity contribution in [2.75, 3.05) is 0 Å². The fourth-order valence-corrected chi connectivity index (χ4v) is 4.04. The lowest BCUT2D eigenvalue weighted by Gasteiger charge is -2.34. The van der Waals surface area contributed by atoms with E-state index in [9.17, 15) is 5.26 Å². The minimum absolute atomic E-state index is 0.163. The van der Waals surface area contributed by atoms with Crippen molar-refractivity contribution >= 4 is 11.3 Å². The van der Waals surface area contributed by atoms with Crippen LogP contribution in [0.4, 0.5) is 0 Å². The highest BCUT2D eigenvalue weighted by Crippen LogP contribution is 2.49. The first-order valence-corrected chi connectivity index (χ1v) is 6.96. The van der Waals surface area contributed by atoms with Crippen molar-refractivity contribution in [1.82, 2.24) is 4.98 Å². The Morgan fingerprint density at radius 2 is 2.12 bits per heavy atom. The number of nitriles is 1. The van der Waals surface area contributed by atoms with Gasteiger partial charge in [-0.3, -0.25) is 0 Å². The highest BCUT2D eigenvalue weighted by Gasteiger charge is 2.42. The van der Waals surface area contributed by atoms with Crippen LogP contribution in [0.25, 0.3) is 0 Å². The summed E-state index contributed by atoms with van der Waals surface area (Å²) >= 11 is 1.82. The van der Waals surface area contributed by atoms with Crippen molar-refractivity contribution in [3.05, 3.63) is 15.6 Å². The van der Waals surface area contributed by atoms with E-state index in [2.05, 4.69) is 13.0 Å². The van der Waals surface area contributed by atoms with E-state index in [1.165, 1.54) is 35.6 Å². The Balaban J connectivity index is 1.95. The second-order valence-corrected chi connectivity index (χ2v) is 6.17. The SMILES string of the molecule is Cc1nc(C2CCC2)sc1C1(C#N)CCC1. The van der Waals surface area contributed by atoms with Crippen molar-refractivity contribution in [3.8, 4) is 6.07 Å². The van der Waals surface area contributed by atoms with Gasteiger partial charge in [0.15, 0.2) is 0 Å². The number of hydrogen-bond donors (Lipinski definition) is 0. The first-order valence-electron chi connectivity index (χ1n) is 6.14. The summed E-state index contributed by atoms with van der Waals surface area (Å²) in [4.78, 5) is 5.96. The molecule has 2 fully saturated rings. The molecule has 1 aromatic rings. The molecular weight excluding hydrogens is 216 g/mol. The Hall–Kier alpha value is -0.880. The van der Waals surface area contributed by atoms with Crippen molar-refractivity contribution < 1.29 is 0 Å². The van der Waals surface area contributed by atoms with Gasteiger partial charge in [-0.1, -0.05) is 6.42 Å². The number of rotatable bonds is 2. The maximum absolute atomic E-state index is 9.36. The minimum atomic E-state index is -0.163. The van der Waals surface area contributed by atoms with Crippen LogP contribution >= 0.6 is 11.3 Å². The number of nitrogens with zero attached hydrogens (tertiary/aromatic N) is 2. The Morgan fingerprint density at radius 3 is 2.56 bits per heavy atom. The Morgan fingerprint density at radius 1 is 1.38 bits per heavy atom. The maximum Gasteiger partial charge on any atom is 0.0962 e. The fourth-order valence-electron chi connectivity index (χ4n) is 2.61. The molecule has 1 heterocycles. The van der Waals surface area contributed by atoms with E-state index in [1.807, 2.05) is 11.3 Å². The maximum atomic E-state index is 9.36. The molecule has 3 rings (SSSR count). The number of aromatic nitrogens is 1. The molecule has 16 heavy (non-hydrogen) atoms. The van der Waals surface area contributed by atoms with Gasteiger partial charge in [0, 0.05) is 10.8 Å². The van der Waals surface area contributed by atoms with Crippen molar-refractivity contribution in [3.63, 3.8) is 0 Å². The average Bonchev–Trinajstić information content (AvgIpc) is 2.45. The summed E-state index contributed by atoms with van der Waals surface area (Å²) in [6.45, 7) is 2.07. The van der Waals surface area contributed by atoms with Crippen LogP contribution in [0, 0.1) is 18.3 Å². The van der Waals surface area contributed by atoms with Gasteiger partial charge in [-0.05, 0) is 39.0 Å². The van der Waals surface area contributed by atoms with E-state index < -0.39 is 0 Å². The molecule has 2 aliphatic carbocycles. The molecule has 84 valence electrons. The zero-order chi connectivity index (χ0) is 11.2. The third-order valence-corrected chi connectivity index (χ3v) is 5.65. The highest BCUT2D eigenvalue weighted by atomic mass is 32.1. The molecule has 2 aliphatic rings. The number of aryl methyl sites for hydroxylation is 1. The van der Waals surface area contributed by atoms with E-state index in [-0.39, 0.29) is 5.41 Å². The summed E-state index contributed by atoms with van der Waals surface area (Å²) in [7, 11) is 0. The first-order chi connectivity index (χ1) is 7.75. The van der Waals surface area contributed by atoms with Gasteiger partial charge in [0.05, 0.1) is 22.2 Å². The lowest BCUT2D eigenvalue weighted by Crippen LogP contribution is -2.32. The molecular formula is C13H16N2S. The van der Waals surface area contributed by atoms with E-state index in [0.717, 1.165) is 18.5 Å². The number of hydrogen-bond acceptors (Lipinski definition) is 3. The third kappa shape index (κ3) is 1.33. The molecule has 0 radical (unpaired) electrons. The molecule has 0 bridgehead atoms. The van der Waals surface area contributed by atoms with Crippen molar-refractivity contribution in [2.45, 2.75) is 56.8 Å². The summed E-state index contributed by atoms with van der Waals surface area (Å²) in [6, 6.07) is 2.53. The Kier molecular flexibility index (Phi) is 2.29. The monoisotopic (exact) mass is 232 g/mol. The average molecular weight is 232 g/mol. The van der Waals surface area contributed by atoms with Crippen LogP contribution in [0.3, 0.4) is 0 Å². The molecule has 0 N–H and O–H groups in total. The van der Waals surface area contributed by atoms with E-state index in [0.29, 0.717) is 5.92 Å². The van der Waals surface area contributed by atoms with Crippen LogP contribution in [0.15, 0.2) is 0 Å². The predicted molar refractivity (Wildman–Crippen MR) is 64.6 cm³/mol. The third-order valence-electron chi connectivity index (χ3n) is 4.12. The molecule has 0 saturated heterocycles. The zero-order valence-corrected chi connectivity index (χ0v) is 10.4. The molecule has 2 saturated carbocycles. The number of thiazole rings is 1. The van der Waals surface area contributed by atoms with Gasteiger partial charge in [0.1, 0.15) is 0 Å². The van der Waals surface area contributed by atoms with Crippen molar-refractivity contribution in [1.29, 1.82) is 5.26 Å². The molecule has 2 nitrogen and oxygen atoms in total. The summed E-state index contributed by atoms with van der Waals surface area (Å²) in [6.07, 6.45) is 7.22. The van der Waals surface area contributed by atoms with Gasteiger partial charge < -0.3 is 0 Å². The van der Waals surface area contributed by atoms with Gasteiger partial charge in [0.25, 0.3) is 0 Å². The fraction of sp³-hybridized carbons (Fsp3) is 0.692. The van der Waals surface area contributed by atoms with Crippen LogP contribution in [0.1, 0.15) is 60.0 Å². The minimum Gasteiger partial charge on any atom is -0.246 e. The predicted octanol–water partition coefficient (Wildman–Crippen LogP) is 3.66. The van der Waals surface area contributed by atoms with E-state index in [1.54, 1.807) is 0 Å². The van der Waals surface area contributed by atoms with Crippen LogP contribution < -0.4 is 0 Å². The second kappa shape index (κ2) is 3.56. The van der Waals surface area contributed by atoms with E-state index in [4.69, 9.17) is 4.98 Å². The van der Waals surface area contributed by atoms with Gasteiger partial charge in [-0.25, -0.2) is 4.98 Å². The topological polar surface area (TPSA) is 36.7 Å². The summed E-state index contributed by atoms with van der Waals surface area (Å²) in [5, 5.41) is 10.7. The summed E-state index contributed by atoms with van der Waals surface area (Å²) in [5.74, 6) is 0.702. The molecule has 0 aromatic carbocycles. The summed E-state index contributed by atoms with van der Waals surface area (Å²) in [5.41, 5.74) is 0.956. The molecule has 0 atom stereocenters. The zero-order valence-electron chi connectivity index (χ0n) is 9.62. The molecule has 0 aliphatic heterocycles. The first kappa shape index (κ1) is 10.3. The molecule has 0 amide bonds.